The summed E-state index contributed by atoms with van der Waals surface area (Å²) in [4.78, 5) is 17.8. The molecule has 1 saturated heterocycles. The summed E-state index contributed by atoms with van der Waals surface area (Å²) < 4.78 is 3.96. The molecule has 0 unspecified atom stereocenters. The zero-order chi connectivity index (χ0) is 15.6. The number of rotatable bonds is 3. The van der Waals surface area contributed by atoms with Crippen molar-refractivity contribution in [2.45, 2.75) is 26.2 Å². The van der Waals surface area contributed by atoms with Gasteiger partial charge in [-0.05, 0) is 11.5 Å². The van der Waals surface area contributed by atoms with Gasteiger partial charge in [-0.3, -0.25) is 9.69 Å². The molecule has 1 amide bonds. The SMILES string of the molecule is CC(C)(C)c1nnsc1C(=O)N1CCN(CC(N)=S)CC1. The Hall–Kier alpha value is -1.12. The van der Waals surface area contributed by atoms with Gasteiger partial charge in [0, 0.05) is 38.1 Å². The van der Waals surface area contributed by atoms with Gasteiger partial charge >= 0.3 is 0 Å². The van der Waals surface area contributed by atoms with Crippen LogP contribution in [0.15, 0.2) is 0 Å². The summed E-state index contributed by atoms with van der Waals surface area (Å²) in [5.74, 6) is 0.0323. The van der Waals surface area contributed by atoms with Gasteiger partial charge in [0.1, 0.15) is 4.88 Å². The van der Waals surface area contributed by atoms with Gasteiger partial charge in [0.2, 0.25) is 0 Å². The summed E-state index contributed by atoms with van der Waals surface area (Å²) in [5, 5.41) is 4.13. The molecule has 21 heavy (non-hydrogen) atoms. The van der Waals surface area contributed by atoms with Gasteiger partial charge in [0.15, 0.2) is 0 Å². The van der Waals surface area contributed by atoms with Crippen molar-refractivity contribution in [3.8, 4) is 0 Å². The van der Waals surface area contributed by atoms with Crippen molar-refractivity contribution in [3.05, 3.63) is 10.6 Å². The Kier molecular flexibility index (Phi) is 4.90. The number of aromatic nitrogens is 2. The maximum Gasteiger partial charge on any atom is 0.267 e. The zero-order valence-corrected chi connectivity index (χ0v) is 14.3. The van der Waals surface area contributed by atoms with Crippen LogP contribution in [0.2, 0.25) is 0 Å². The van der Waals surface area contributed by atoms with Gasteiger partial charge in [-0.2, -0.15) is 0 Å². The van der Waals surface area contributed by atoms with Crippen molar-refractivity contribution in [3.63, 3.8) is 0 Å². The Morgan fingerprint density at radius 3 is 2.48 bits per heavy atom. The van der Waals surface area contributed by atoms with Crippen LogP contribution in [-0.2, 0) is 5.41 Å². The maximum atomic E-state index is 12.6. The molecule has 2 heterocycles. The van der Waals surface area contributed by atoms with Gasteiger partial charge in [-0.15, -0.1) is 5.10 Å². The van der Waals surface area contributed by atoms with Crippen LogP contribution in [0.4, 0.5) is 0 Å². The molecule has 0 saturated carbocycles. The Balaban J connectivity index is 2.03. The predicted molar refractivity (Wildman–Crippen MR) is 87.7 cm³/mol. The molecule has 0 aliphatic carbocycles. The molecule has 1 aliphatic heterocycles. The van der Waals surface area contributed by atoms with Gasteiger partial charge < -0.3 is 10.6 Å². The van der Waals surface area contributed by atoms with E-state index in [0.717, 1.165) is 18.8 Å². The van der Waals surface area contributed by atoms with E-state index in [2.05, 4.69) is 14.5 Å². The zero-order valence-electron chi connectivity index (χ0n) is 12.6. The molecule has 0 bridgehead atoms. The molecule has 116 valence electrons. The number of nitrogens with zero attached hydrogens (tertiary/aromatic N) is 4. The topological polar surface area (TPSA) is 75.4 Å². The Morgan fingerprint density at radius 2 is 1.95 bits per heavy atom. The molecular formula is C13H21N5OS2. The third kappa shape index (κ3) is 3.96. The van der Waals surface area contributed by atoms with Gasteiger partial charge in [0.05, 0.1) is 10.7 Å². The molecule has 2 N–H and O–H groups in total. The summed E-state index contributed by atoms with van der Waals surface area (Å²) in [6.45, 7) is 9.70. The van der Waals surface area contributed by atoms with Gasteiger partial charge in [-0.25, -0.2) is 0 Å². The predicted octanol–water partition coefficient (Wildman–Crippen LogP) is 0.880. The lowest BCUT2D eigenvalue weighted by Crippen LogP contribution is -2.50. The average molecular weight is 327 g/mol. The summed E-state index contributed by atoms with van der Waals surface area (Å²) >= 11 is 6.10. The molecule has 1 fully saturated rings. The number of thiocarbonyl (C=S) groups is 1. The van der Waals surface area contributed by atoms with Crippen LogP contribution >= 0.6 is 23.8 Å². The van der Waals surface area contributed by atoms with Crippen LogP contribution in [0.1, 0.15) is 36.1 Å². The van der Waals surface area contributed by atoms with E-state index in [1.807, 2.05) is 25.7 Å². The van der Waals surface area contributed by atoms with Crippen LogP contribution in [0.3, 0.4) is 0 Å². The smallest absolute Gasteiger partial charge is 0.267 e. The number of nitrogens with two attached hydrogens (primary N) is 1. The molecular weight excluding hydrogens is 306 g/mol. The quantitative estimate of drug-likeness (QED) is 0.831. The summed E-state index contributed by atoms with van der Waals surface area (Å²) in [5.41, 5.74) is 6.16. The second-order valence-corrected chi connectivity index (χ2v) is 7.51. The van der Waals surface area contributed by atoms with Crippen LogP contribution < -0.4 is 5.73 Å². The molecule has 6 nitrogen and oxygen atoms in total. The Bertz CT molecular complexity index is 529. The van der Waals surface area contributed by atoms with Crippen LogP contribution in [-0.4, -0.2) is 63.0 Å². The van der Waals surface area contributed by atoms with Crippen molar-refractivity contribution in [1.82, 2.24) is 19.4 Å². The second-order valence-electron chi connectivity index (χ2n) is 6.24. The molecule has 1 aromatic heterocycles. The maximum absolute atomic E-state index is 12.6. The van der Waals surface area contributed by atoms with Crippen molar-refractivity contribution in [2.24, 2.45) is 5.73 Å². The summed E-state index contributed by atoms with van der Waals surface area (Å²) in [7, 11) is 0. The van der Waals surface area contributed by atoms with Gasteiger partial charge in [-0.1, -0.05) is 37.5 Å². The Labute approximate surface area is 134 Å². The van der Waals surface area contributed by atoms with E-state index in [1.165, 1.54) is 11.5 Å². The molecule has 0 radical (unpaired) electrons. The van der Waals surface area contributed by atoms with Crippen LogP contribution in [0.5, 0.6) is 0 Å². The van der Waals surface area contributed by atoms with E-state index >= 15 is 0 Å². The van der Waals surface area contributed by atoms with E-state index in [4.69, 9.17) is 18.0 Å². The first-order chi connectivity index (χ1) is 9.79. The standard InChI is InChI=1S/C13H21N5OS2/c1-13(2,3)11-10(21-16-15-11)12(19)18-6-4-17(5-7-18)8-9(14)20/h4-8H2,1-3H3,(H2,14,20). The molecule has 2 rings (SSSR count). The minimum atomic E-state index is -0.175. The summed E-state index contributed by atoms with van der Waals surface area (Å²) in [6.07, 6.45) is 0. The lowest BCUT2D eigenvalue weighted by atomic mass is 9.91. The fourth-order valence-electron chi connectivity index (χ4n) is 2.29. The first-order valence-corrected chi connectivity index (χ1v) is 8.10. The number of piperazine rings is 1. The molecule has 0 atom stereocenters. The number of hydrogen-bond acceptors (Lipinski definition) is 6. The monoisotopic (exact) mass is 327 g/mol. The number of hydrogen-bond donors (Lipinski definition) is 1. The third-order valence-corrected chi connectivity index (χ3v) is 4.27. The highest BCUT2D eigenvalue weighted by Crippen LogP contribution is 2.27. The highest BCUT2D eigenvalue weighted by atomic mass is 32.1. The highest BCUT2D eigenvalue weighted by molar-refractivity contribution is 7.80. The lowest BCUT2D eigenvalue weighted by molar-refractivity contribution is 0.0656. The van der Waals surface area contributed by atoms with E-state index in [1.54, 1.807) is 0 Å². The minimum absolute atomic E-state index is 0.0323. The van der Waals surface area contributed by atoms with Crippen molar-refractivity contribution in [2.75, 3.05) is 32.7 Å². The minimum Gasteiger partial charge on any atom is -0.392 e. The first kappa shape index (κ1) is 16.3. The van der Waals surface area contributed by atoms with E-state index in [0.29, 0.717) is 29.5 Å². The largest absolute Gasteiger partial charge is 0.392 e. The summed E-state index contributed by atoms with van der Waals surface area (Å²) in [6, 6.07) is 0. The van der Waals surface area contributed by atoms with Crippen molar-refractivity contribution in [1.29, 1.82) is 0 Å². The lowest BCUT2D eigenvalue weighted by Gasteiger charge is -2.34. The normalized spacial score (nSPS) is 17.0. The van der Waals surface area contributed by atoms with Crippen molar-refractivity contribution < 1.29 is 4.79 Å². The van der Waals surface area contributed by atoms with E-state index in [-0.39, 0.29) is 11.3 Å². The number of amides is 1. The van der Waals surface area contributed by atoms with E-state index in [9.17, 15) is 4.79 Å². The fraction of sp³-hybridized carbons (Fsp3) is 0.692. The fourth-order valence-corrected chi connectivity index (χ4v) is 3.32. The third-order valence-electron chi connectivity index (χ3n) is 3.43. The number of carbonyl (C=O) groups excluding carboxylic acids is 1. The van der Waals surface area contributed by atoms with E-state index < -0.39 is 0 Å². The second kappa shape index (κ2) is 6.33. The molecule has 0 aromatic carbocycles. The average Bonchev–Trinajstić information content (AvgIpc) is 2.87. The first-order valence-electron chi connectivity index (χ1n) is 6.92. The molecule has 0 spiro atoms. The van der Waals surface area contributed by atoms with Crippen LogP contribution in [0, 0.1) is 0 Å². The molecule has 1 aliphatic rings. The van der Waals surface area contributed by atoms with Gasteiger partial charge in [0.25, 0.3) is 5.91 Å². The molecule has 1 aromatic rings. The van der Waals surface area contributed by atoms with Crippen molar-refractivity contribution >= 4 is 34.6 Å². The highest BCUT2D eigenvalue weighted by Gasteiger charge is 2.30. The number of carbonyl (C=O) groups is 1. The van der Waals surface area contributed by atoms with Crippen LogP contribution in [0.25, 0.3) is 0 Å². The molecule has 8 heteroatoms. The Morgan fingerprint density at radius 1 is 1.33 bits per heavy atom.